The maximum absolute atomic E-state index is 14.0. The molecule has 3 aliphatic rings. The molecule has 2 aromatic rings. The summed E-state index contributed by atoms with van der Waals surface area (Å²) in [5.74, 6) is 1.14. The van der Waals surface area contributed by atoms with E-state index in [9.17, 15) is 18.0 Å². The molecule has 1 aromatic heterocycles. The molecule has 1 fully saturated rings. The molecule has 3 heterocycles. The summed E-state index contributed by atoms with van der Waals surface area (Å²) in [6.45, 7) is 7.11. The number of carbonyl (C=O) groups excluding carboxylic acids is 1. The molecule has 2 unspecified atom stereocenters. The summed E-state index contributed by atoms with van der Waals surface area (Å²) in [7, 11) is 0. The number of ether oxygens (including phenoxy) is 1. The lowest BCUT2D eigenvalue weighted by Crippen LogP contribution is -2.48. The second-order valence-corrected chi connectivity index (χ2v) is 10.4. The Labute approximate surface area is 204 Å². The average Bonchev–Trinajstić information content (AvgIpc) is 3.18. The topological polar surface area (TPSA) is 45.7 Å². The van der Waals surface area contributed by atoms with Crippen molar-refractivity contribution in [2.45, 2.75) is 64.8 Å². The van der Waals surface area contributed by atoms with Gasteiger partial charge in [0, 0.05) is 56.1 Å². The van der Waals surface area contributed by atoms with Gasteiger partial charge < -0.3 is 9.64 Å². The Bertz CT molecular complexity index is 1100. The van der Waals surface area contributed by atoms with Crippen LogP contribution < -0.4 is 4.74 Å². The first kappa shape index (κ1) is 24.1. The van der Waals surface area contributed by atoms with E-state index in [1.165, 1.54) is 5.56 Å². The van der Waals surface area contributed by atoms with Crippen LogP contribution in [-0.4, -0.2) is 46.4 Å². The van der Waals surface area contributed by atoms with Crippen LogP contribution in [0.4, 0.5) is 13.2 Å². The highest BCUT2D eigenvalue weighted by Crippen LogP contribution is 2.48. The van der Waals surface area contributed by atoms with E-state index in [0.29, 0.717) is 30.8 Å². The van der Waals surface area contributed by atoms with E-state index in [4.69, 9.17) is 4.74 Å². The molecule has 1 amide bonds. The number of halogens is 3. The number of pyridine rings is 1. The van der Waals surface area contributed by atoms with Crippen LogP contribution in [0.3, 0.4) is 0 Å². The lowest BCUT2D eigenvalue weighted by atomic mass is 9.74. The summed E-state index contributed by atoms with van der Waals surface area (Å²) in [6.07, 6.45) is -0.585. The number of benzene rings is 1. The average molecular weight is 488 g/mol. The lowest BCUT2D eigenvalue weighted by Gasteiger charge is -2.40. The zero-order valence-electron chi connectivity index (χ0n) is 20.3. The van der Waals surface area contributed by atoms with Crippen LogP contribution in [-0.2, 0) is 30.5 Å². The fraction of sp³-hybridized carbons (Fsp3) is 0.556. The van der Waals surface area contributed by atoms with Crippen molar-refractivity contribution >= 4 is 5.91 Å². The van der Waals surface area contributed by atoms with Crippen LogP contribution in [0.25, 0.3) is 0 Å². The number of aromatic nitrogens is 1. The van der Waals surface area contributed by atoms with E-state index in [0.717, 1.165) is 50.4 Å². The normalized spacial score (nSPS) is 25.1. The van der Waals surface area contributed by atoms with E-state index in [1.54, 1.807) is 4.90 Å². The van der Waals surface area contributed by atoms with Gasteiger partial charge in [0.1, 0.15) is 12.4 Å². The molecule has 1 aliphatic carbocycles. The summed E-state index contributed by atoms with van der Waals surface area (Å²) in [5, 5.41) is 0. The van der Waals surface area contributed by atoms with Crippen molar-refractivity contribution in [1.82, 2.24) is 14.8 Å². The molecular formula is C27H32F3N3O2. The monoisotopic (exact) mass is 487 g/mol. The Kier molecular flexibility index (Phi) is 6.28. The molecular weight excluding hydrogens is 455 g/mol. The van der Waals surface area contributed by atoms with Crippen LogP contribution in [0.5, 0.6) is 5.75 Å². The third-order valence-corrected chi connectivity index (χ3v) is 8.21. The van der Waals surface area contributed by atoms with Crippen LogP contribution >= 0.6 is 0 Å². The van der Waals surface area contributed by atoms with Crippen LogP contribution in [0.2, 0.25) is 0 Å². The number of fused-ring (bicyclic) bond motifs is 2. The standard InChI is InChI=1S/C27H32F3N3O2/c1-18(2)26(9-7-22(14-26)32-11-12-35-24-6-4-3-5-19(24)16-32)25(34)33-10-8-23-20(17-33)13-21(15-31-23)27(28,29)30/h3-6,13,15,18,22H,7-12,14,16-17H2,1-2H3. The van der Waals surface area contributed by atoms with Crippen molar-refractivity contribution in [3.05, 3.63) is 58.9 Å². The van der Waals surface area contributed by atoms with Crippen molar-refractivity contribution < 1.29 is 22.7 Å². The summed E-state index contributed by atoms with van der Waals surface area (Å²) < 4.78 is 45.6. The number of hydrogen-bond acceptors (Lipinski definition) is 4. The third kappa shape index (κ3) is 4.53. The highest BCUT2D eigenvalue weighted by atomic mass is 19.4. The highest BCUT2D eigenvalue weighted by molar-refractivity contribution is 5.83. The second kappa shape index (κ2) is 9.12. The van der Waals surface area contributed by atoms with Gasteiger partial charge in [0.05, 0.1) is 11.0 Å². The SMILES string of the molecule is CC(C)C1(C(=O)N2CCc3ncc(C(F)(F)F)cc3C2)CCC(N2CCOc3ccccc3C2)C1. The van der Waals surface area contributed by atoms with E-state index < -0.39 is 17.2 Å². The summed E-state index contributed by atoms with van der Waals surface area (Å²) in [4.78, 5) is 22.3. The lowest BCUT2D eigenvalue weighted by molar-refractivity contribution is -0.146. The van der Waals surface area contributed by atoms with E-state index in [1.807, 2.05) is 18.2 Å². The Morgan fingerprint density at radius 1 is 1.17 bits per heavy atom. The molecule has 1 saturated carbocycles. The summed E-state index contributed by atoms with van der Waals surface area (Å²) in [5.41, 5.74) is 1.07. The van der Waals surface area contributed by atoms with Crippen molar-refractivity contribution in [3.8, 4) is 5.75 Å². The van der Waals surface area contributed by atoms with Crippen LogP contribution in [0.15, 0.2) is 36.5 Å². The molecule has 0 bridgehead atoms. The molecule has 0 radical (unpaired) electrons. The van der Waals surface area contributed by atoms with Crippen molar-refractivity contribution in [2.24, 2.45) is 11.3 Å². The summed E-state index contributed by atoms with van der Waals surface area (Å²) >= 11 is 0. The highest BCUT2D eigenvalue weighted by Gasteiger charge is 2.51. The van der Waals surface area contributed by atoms with E-state index in [2.05, 4.69) is 29.8 Å². The second-order valence-electron chi connectivity index (χ2n) is 10.4. The molecule has 0 saturated heterocycles. The van der Waals surface area contributed by atoms with Gasteiger partial charge >= 0.3 is 6.18 Å². The van der Waals surface area contributed by atoms with Crippen LogP contribution in [0.1, 0.15) is 55.5 Å². The quantitative estimate of drug-likeness (QED) is 0.606. The van der Waals surface area contributed by atoms with Gasteiger partial charge in [-0.3, -0.25) is 14.7 Å². The molecule has 35 heavy (non-hydrogen) atoms. The predicted molar refractivity (Wildman–Crippen MR) is 126 cm³/mol. The molecule has 1 aromatic carbocycles. The van der Waals surface area contributed by atoms with Gasteiger partial charge in [-0.05, 0) is 42.9 Å². The predicted octanol–water partition coefficient (Wildman–Crippen LogP) is 5.07. The number of amides is 1. The molecule has 5 rings (SSSR count). The van der Waals surface area contributed by atoms with Crippen LogP contribution in [0, 0.1) is 11.3 Å². The Hall–Kier alpha value is -2.61. The van der Waals surface area contributed by atoms with Gasteiger partial charge in [-0.25, -0.2) is 0 Å². The number of hydrogen-bond donors (Lipinski definition) is 0. The van der Waals surface area contributed by atoms with E-state index in [-0.39, 0.29) is 24.4 Å². The Balaban J connectivity index is 1.34. The zero-order valence-corrected chi connectivity index (χ0v) is 20.3. The molecule has 0 spiro atoms. The number of rotatable bonds is 3. The van der Waals surface area contributed by atoms with Crippen molar-refractivity contribution in [3.63, 3.8) is 0 Å². The molecule has 2 atom stereocenters. The smallest absolute Gasteiger partial charge is 0.417 e. The minimum atomic E-state index is -4.44. The number of para-hydroxylation sites is 1. The zero-order chi connectivity index (χ0) is 24.8. The number of alkyl halides is 3. The first-order chi connectivity index (χ1) is 16.7. The van der Waals surface area contributed by atoms with Gasteiger partial charge in [-0.1, -0.05) is 32.0 Å². The van der Waals surface area contributed by atoms with Gasteiger partial charge in [-0.15, -0.1) is 0 Å². The first-order valence-electron chi connectivity index (χ1n) is 12.5. The number of carbonyl (C=O) groups is 1. The van der Waals surface area contributed by atoms with Gasteiger partial charge in [0.2, 0.25) is 5.91 Å². The third-order valence-electron chi connectivity index (χ3n) is 8.21. The Morgan fingerprint density at radius 3 is 2.74 bits per heavy atom. The molecule has 0 N–H and O–H groups in total. The largest absolute Gasteiger partial charge is 0.492 e. The molecule has 5 nitrogen and oxygen atoms in total. The van der Waals surface area contributed by atoms with Gasteiger partial charge in [0.25, 0.3) is 0 Å². The maximum atomic E-state index is 14.0. The van der Waals surface area contributed by atoms with Crippen molar-refractivity contribution in [1.29, 1.82) is 0 Å². The van der Waals surface area contributed by atoms with Gasteiger partial charge in [-0.2, -0.15) is 13.2 Å². The van der Waals surface area contributed by atoms with E-state index >= 15 is 0 Å². The first-order valence-corrected chi connectivity index (χ1v) is 12.5. The summed E-state index contributed by atoms with van der Waals surface area (Å²) in [6, 6.07) is 9.54. The molecule has 188 valence electrons. The fourth-order valence-corrected chi connectivity index (χ4v) is 6.05. The minimum Gasteiger partial charge on any atom is -0.492 e. The molecule has 8 heteroatoms. The van der Waals surface area contributed by atoms with Crippen molar-refractivity contribution in [2.75, 3.05) is 19.7 Å². The fourth-order valence-electron chi connectivity index (χ4n) is 6.05. The minimum absolute atomic E-state index is 0.0736. The molecule has 2 aliphatic heterocycles. The number of nitrogens with zero attached hydrogens (tertiary/aromatic N) is 3. The maximum Gasteiger partial charge on any atom is 0.417 e. The van der Waals surface area contributed by atoms with Gasteiger partial charge in [0.15, 0.2) is 0 Å². The Morgan fingerprint density at radius 2 is 1.97 bits per heavy atom.